The summed E-state index contributed by atoms with van der Waals surface area (Å²) in [4.78, 5) is 19.1. The number of nitrogens with one attached hydrogen (secondary N) is 1. The third kappa shape index (κ3) is 4.50. The molecular formula is C26H32N8S. The predicted octanol–water partition coefficient (Wildman–Crippen LogP) is 5.24. The van der Waals surface area contributed by atoms with Crippen LogP contribution in [0.2, 0.25) is 0 Å². The number of aromatic nitrogens is 5. The Kier molecular flexibility index (Phi) is 6.12. The molecule has 2 aliphatic carbocycles. The first-order chi connectivity index (χ1) is 17.2. The first kappa shape index (κ1) is 22.4. The van der Waals surface area contributed by atoms with E-state index in [0.29, 0.717) is 30.4 Å². The van der Waals surface area contributed by atoms with Gasteiger partial charge >= 0.3 is 0 Å². The molecule has 35 heavy (non-hydrogen) atoms. The van der Waals surface area contributed by atoms with Crippen LogP contribution in [0.25, 0.3) is 22.4 Å². The quantitative estimate of drug-likeness (QED) is 0.339. The molecule has 0 saturated heterocycles. The van der Waals surface area contributed by atoms with E-state index in [2.05, 4.69) is 48.8 Å². The zero-order valence-corrected chi connectivity index (χ0v) is 20.7. The first-order valence-electron chi connectivity index (χ1n) is 12.7. The topological polar surface area (TPSA) is 121 Å². The molecular weight excluding hydrogens is 456 g/mol. The Hall–Kier alpha value is -3.04. The molecule has 0 radical (unpaired) electrons. The van der Waals surface area contributed by atoms with Crippen molar-refractivity contribution in [2.24, 2.45) is 5.73 Å². The van der Waals surface area contributed by atoms with Gasteiger partial charge in [0.05, 0.1) is 5.69 Å². The van der Waals surface area contributed by atoms with Crippen molar-refractivity contribution in [2.75, 3.05) is 11.1 Å². The average molecular weight is 489 g/mol. The lowest BCUT2D eigenvalue weighted by Crippen LogP contribution is -2.27. The van der Waals surface area contributed by atoms with Gasteiger partial charge in [0.15, 0.2) is 17.0 Å². The summed E-state index contributed by atoms with van der Waals surface area (Å²) in [6.45, 7) is 0.590. The monoisotopic (exact) mass is 488 g/mol. The summed E-state index contributed by atoms with van der Waals surface area (Å²) in [5.41, 5.74) is 17.3. The Morgan fingerprint density at radius 1 is 1.00 bits per heavy atom. The van der Waals surface area contributed by atoms with Gasteiger partial charge in [0.2, 0.25) is 5.95 Å². The van der Waals surface area contributed by atoms with Gasteiger partial charge in [0, 0.05) is 41.7 Å². The van der Waals surface area contributed by atoms with Crippen LogP contribution in [0.5, 0.6) is 0 Å². The molecule has 0 aliphatic heterocycles. The number of fused-ring (bicyclic) bond motifs is 1. The van der Waals surface area contributed by atoms with Crippen LogP contribution in [-0.2, 0) is 6.54 Å². The van der Waals surface area contributed by atoms with E-state index in [1.807, 2.05) is 6.20 Å². The molecule has 4 aromatic heterocycles. The first-order valence-corrected chi connectivity index (χ1v) is 13.6. The van der Waals surface area contributed by atoms with Crippen molar-refractivity contribution < 1.29 is 0 Å². The maximum absolute atomic E-state index is 6.21. The van der Waals surface area contributed by atoms with Crippen LogP contribution >= 0.6 is 11.3 Å². The number of imidazole rings is 1. The predicted molar refractivity (Wildman–Crippen MR) is 141 cm³/mol. The molecule has 4 aromatic rings. The van der Waals surface area contributed by atoms with Gasteiger partial charge in [-0.1, -0.05) is 18.9 Å². The van der Waals surface area contributed by atoms with Crippen molar-refractivity contribution in [3.05, 3.63) is 46.5 Å². The number of rotatable bonds is 6. The second-order valence-electron chi connectivity index (χ2n) is 9.91. The van der Waals surface area contributed by atoms with E-state index in [9.17, 15) is 0 Å². The largest absolute Gasteiger partial charge is 0.368 e. The number of hydrogen-bond acceptors (Lipinski definition) is 8. The molecule has 2 aliphatic rings. The lowest BCUT2D eigenvalue weighted by Gasteiger charge is -2.27. The van der Waals surface area contributed by atoms with Gasteiger partial charge in [-0.15, -0.1) is 0 Å². The van der Waals surface area contributed by atoms with Gasteiger partial charge in [-0.3, -0.25) is 4.98 Å². The molecule has 8 nitrogen and oxygen atoms in total. The zero-order chi connectivity index (χ0) is 23.8. The maximum atomic E-state index is 6.21. The van der Waals surface area contributed by atoms with E-state index < -0.39 is 0 Å². The fourth-order valence-electron chi connectivity index (χ4n) is 5.61. The maximum Gasteiger partial charge on any atom is 0.224 e. The minimum Gasteiger partial charge on any atom is -0.368 e. The molecule has 0 spiro atoms. The van der Waals surface area contributed by atoms with E-state index in [0.717, 1.165) is 59.5 Å². The van der Waals surface area contributed by atoms with E-state index in [-0.39, 0.29) is 5.95 Å². The Balaban J connectivity index is 1.32. The second-order valence-corrected chi connectivity index (χ2v) is 10.7. The minimum atomic E-state index is 0.280. The lowest BCUT2D eigenvalue weighted by atomic mass is 9.86. The number of pyridine rings is 1. The van der Waals surface area contributed by atoms with Gasteiger partial charge in [-0.05, 0) is 61.6 Å². The van der Waals surface area contributed by atoms with Crippen LogP contribution < -0.4 is 16.8 Å². The number of hydrogen-bond donors (Lipinski definition) is 3. The highest BCUT2D eigenvalue weighted by atomic mass is 32.1. The van der Waals surface area contributed by atoms with E-state index in [4.69, 9.17) is 21.4 Å². The molecule has 0 atom stereocenters. The van der Waals surface area contributed by atoms with E-state index in [1.165, 1.54) is 25.7 Å². The molecule has 9 heteroatoms. The smallest absolute Gasteiger partial charge is 0.224 e. The summed E-state index contributed by atoms with van der Waals surface area (Å²) in [5, 5.41) is 7.65. The molecule has 4 heterocycles. The summed E-state index contributed by atoms with van der Waals surface area (Å²) in [7, 11) is 0. The Labute approximate surface area is 209 Å². The normalized spacial score (nSPS) is 21.1. The summed E-state index contributed by atoms with van der Waals surface area (Å²) >= 11 is 1.68. The summed E-state index contributed by atoms with van der Waals surface area (Å²) in [5.74, 6) is 2.53. The van der Waals surface area contributed by atoms with Gasteiger partial charge in [0.25, 0.3) is 0 Å². The zero-order valence-electron chi connectivity index (χ0n) is 19.9. The van der Waals surface area contributed by atoms with Crippen molar-refractivity contribution >= 4 is 34.3 Å². The van der Waals surface area contributed by atoms with Gasteiger partial charge in [-0.25, -0.2) is 4.98 Å². The number of anilines is 2. The third-order valence-corrected chi connectivity index (χ3v) is 8.20. The van der Waals surface area contributed by atoms with Crippen LogP contribution in [0.1, 0.15) is 74.7 Å². The molecule has 0 bridgehead atoms. The summed E-state index contributed by atoms with van der Waals surface area (Å²) in [6, 6.07) is 6.99. The van der Waals surface area contributed by atoms with Crippen molar-refractivity contribution in [1.29, 1.82) is 0 Å². The molecule has 2 fully saturated rings. The standard InChI is InChI=1S/C26H32N8S/c27-19-8-6-17(7-9-19)24-31-22-23(32-26(28)33-25(22)34(24)20-3-1-2-4-20)30-14-16-5-10-21(29-13-16)18-11-12-35-15-18/h5,10-13,15,17,19-20H,1-4,6-9,14,27H2,(H3,28,30,32,33). The number of nitrogen functional groups attached to an aromatic ring is 1. The Morgan fingerprint density at radius 2 is 1.83 bits per heavy atom. The highest BCUT2D eigenvalue weighted by molar-refractivity contribution is 7.08. The van der Waals surface area contributed by atoms with Crippen molar-refractivity contribution in [1.82, 2.24) is 24.5 Å². The number of nitrogens with two attached hydrogens (primary N) is 2. The molecule has 2 saturated carbocycles. The van der Waals surface area contributed by atoms with Gasteiger partial charge in [0.1, 0.15) is 5.82 Å². The van der Waals surface area contributed by atoms with Crippen molar-refractivity contribution in [2.45, 2.75) is 75.9 Å². The number of nitrogens with zero attached hydrogens (tertiary/aromatic N) is 5. The van der Waals surface area contributed by atoms with Crippen LogP contribution in [-0.4, -0.2) is 30.5 Å². The van der Waals surface area contributed by atoms with E-state index in [1.54, 1.807) is 11.3 Å². The fourth-order valence-corrected chi connectivity index (χ4v) is 6.26. The molecule has 0 aromatic carbocycles. The lowest BCUT2D eigenvalue weighted by molar-refractivity contribution is 0.367. The third-order valence-electron chi connectivity index (χ3n) is 7.51. The number of thiophene rings is 1. The van der Waals surface area contributed by atoms with Gasteiger partial charge < -0.3 is 21.4 Å². The molecule has 6 rings (SSSR count). The molecule has 0 unspecified atom stereocenters. The summed E-state index contributed by atoms with van der Waals surface area (Å²) in [6.07, 6.45) is 11.0. The molecule has 5 N–H and O–H groups in total. The molecule has 0 amide bonds. The SMILES string of the molecule is Nc1nc(NCc2ccc(-c3ccsc3)nc2)c2nc(C3CCC(N)CC3)n(C3CCCC3)c2n1. The fraction of sp³-hybridized carbons (Fsp3) is 0.462. The Bertz CT molecular complexity index is 1280. The summed E-state index contributed by atoms with van der Waals surface area (Å²) < 4.78 is 2.39. The van der Waals surface area contributed by atoms with Gasteiger partial charge in [-0.2, -0.15) is 21.3 Å². The molecule has 182 valence electrons. The van der Waals surface area contributed by atoms with Crippen LogP contribution in [0.4, 0.5) is 11.8 Å². The van der Waals surface area contributed by atoms with Crippen molar-refractivity contribution in [3.8, 4) is 11.3 Å². The highest BCUT2D eigenvalue weighted by Gasteiger charge is 2.31. The van der Waals surface area contributed by atoms with Crippen LogP contribution in [0.3, 0.4) is 0 Å². The highest BCUT2D eigenvalue weighted by Crippen LogP contribution is 2.40. The van der Waals surface area contributed by atoms with E-state index >= 15 is 0 Å². The van der Waals surface area contributed by atoms with Crippen molar-refractivity contribution in [3.63, 3.8) is 0 Å². The van der Waals surface area contributed by atoms with Crippen LogP contribution in [0, 0.1) is 0 Å². The van der Waals surface area contributed by atoms with Crippen LogP contribution in [0.15, 0.2) is 35.2 Å². The average Bonchev–Trinajstić information content (AvgIpc) is 3.64. The Morgan fingerprint density at radius 3 is 2.54 bits per heavy atom. The minimum absolute atomic E-state index is 0.280. The second kappa shape index (κ2) is 9.54.